The van der Waals surface area contributed by atoms with Crippen molar-refractivity contribution in [1.29, 1.82) is 0 Å². The molecule has 1 heterocycles. The number of hydrogen-bond donors (Lipinski definition) is 1. The summed E-state index contributed by atoms with van der Waals surface area (Å²) in [5.41, 5.74) is 9.46. The van der Waals surface area contributed by atoms with E-state index in [0.29, 0.717) is 35.1 Å². The van der Waals surface area contributed by atoms with Gasteiger partial charge in [0, 0.05) is 16.8 Å². The van der Waals surface area contributed by atoms with Gasteiger partial charge in [-0.15, -0.1) is 0 Å². The van der Waals surface area contributed by atoms with Crippen LogP contribution in [0.1, 0.15) is 27.0 Å². The molecule has 0 aliphatic carbocycles. The molecule has 0 spiro atoms. The fraction of sp³-hybridized carbons (Fsp3) is 0.133. The van der Waals surface area contributed by atoms with Gasteiger partial charge in [0.1, 0.15) is 0 Å². The molecule has 0 aromatic heterocycles. The number of benzene rings is 2. The molecule has 3 rings (SSSR count). The van der Waals surface area contributed by atoms with E-state index in [1.807, 2.05) is 12.1 Å². The van der Waals surface area contributed by atoms with Gasteiger partial charge >= 0.3 is 0 Å². The summed E-state index contributed by atoms with van der Waals surface area (Å²) < 4.78 is 5.34. The number of nitrogen functional groups attached to an aromatic ring is 1. The molecule has 2 aromatic rings. The van der Waals surface area contributed by atoms with Crippen LogP contribution in [-0.4, -0.2) is 5.78 Å². The van der Waals surface area contributed by atoms with E-state index in [0.717, 1.165) is 11.1 Å². The summed E-state index contributed by atoms with van der Waals surface area (Å²) in [6, 6.07) is 10.5. The summed E-state index contributed by atoms with van der Waals surface area (Å²) in [7, 11) is 0. The normalized spacial score (nSPS) is 13.3. The van der Waals surface area contributed by atoms with Gasteiger partial charge in [0.2, 0.25) is 0 Å². The van der Waals surface area contributed by atoms with Crippen molar-refractivity contribution >= 4 is 23.1 Å². The standard InChI is InChI=1S/C15H12ClNO2/c16-14-4-3-12(17)6-13(14)15(18)9-1-2-10-7-19-8-11(10)5-9/h1-6H,7-8,17H2. The van der Waals surface area contributed by atoms with E-state index in [-0.39, 0.29) is 5.78 Å². The van der Waals surface area contributed by atoms with E-state index in [1.165, 1.54) is 0 Å². The molecule has 0 radical (unpaired) electrons. The molecule has 19 heavy (non-hydrogen) atoms. The number of carbonyl (C=O) groups excluding carboxylic acids is 1. The number of carbonyl (C=O) groups is 1. The maximum absolute atomic E-state index is 12.4. The van der Waals surface area contributed by atoms with Crippen LogP contribution in [0, 0.1) is 0 Å². The van der Waals surface area contributed by atoms with Crippen molar-refractivity contribution in [3.63, 3.8) is 0 Å². The van der Waals surface area contributed by atoms with Crippen LogP contribution in [0.15, 0.2) is 36.4 Å². The van der Waals surface area contributed by atoms with E-state index in [2.05, 4.69) is 0 Å². The topological polar surface area (TPSA) is 52.3 Å². The van der Waals surface area contributed by atoms with Gasteiger partial charge in [-0.05, 0) is 35.4 Å². The van der Waals surface area contributed by atoms with E-state index >= 15 is 0 Å². The van der Waals surface area contributed by atoms with Crippen LogP contribution in [0.3, 0.4) is 0 Å². The third-order valence-electron chi connectivity index (χ3n) is 3.22. The van der Waals surface area contributed by atoms with Gasteiger partial charge < -0.3 is 10.5 Å². The van der Waals surface area contributed by atoms with Gasteiger partial charge in [0.05, 0.1) is 18.2 Å². The average molecular weight is 274 g/mol. The van der Waals surface area contributed by atoms with Crippen LogP contribution >= 0.6 is 11.6 Å². The summed E-state index contributed by atoms with van der Waals surface area (Å²) in [5.74, 6) is -0.119. The summed E-state index contributed by atoms with van der Waals surface area (Å²) in [4.78, 5) is 12.4. The molecule has 2 N–H and O–H groups in total. The molecule has 96 valence electrons. The second kappa shape index (κ2) is 4.68. The Hall–Kier alpha value is -1.84. The number of fused-ring (bicyclic) bond motifs is 1. The summed E-state index contributed by atoms with van der Waals surface area (Å²) >= 11 is 6.06. The number of nitrogens with two attached hydrogens (primary N) is 1. The monoisotopic (exact) mass is 273 g/mol. The highest BCUT2D eigenvalue weighted by Crippen LogP contribution is 2.25. The molecule has 3 nitrogen and oxygen atoms in total. The van der Waals surface area contributed by atoms with E-state index < -0.39 is 0 Å². The molecule has 0 fully saturated rings. The largest absolute Gasteiger partial charge is 0.399 e. The summed E-state index contributed by atoms with van der Waals surface area (Å²) in [6.07, 6.45) is 0. The molecule has 0 bridgehead atoms. The number of rotatable bonds is 2. The first-order chi connectivity index (χ1) is 9.15. The number of halogens is 1. The fourth-order valence-corrected chi connectivity index (χ4v) is 2.39. The van der Waals surface area contributed by atoms with Crippen LogP contribution in [0.25, 0.3) is 0 Å². The Morgan fingerprint density at radius 2 is 1.89 bits per heavy atom. The van der Waals surface area contributed by atoms with Crippen molar-refractivity contribution in [3.8, 4) is 0 Å². The highest BCUT2D eigenvalue weighted by Gasteiger charge is 2.17. The van der Waals surface area contributed by atoms with E-state index in [1.54, 1.807) is 24.3 Å². The lowest BCUT2D eigenvalue weighted by atomic mass is 9.99. The molecule has 4 heteroatoms. The fourth-order valence-electron chi connectivity index (χ4n) is 2.19. The van der Waals surface area contributed by atoms with Crippen LogP contribution in [0.2, 0.25) is 5.02 Å². The number of anilines is 1. The SMILES string of the molecule is Nc1ccc(Cl)c(C(=O)c2ccc3c(c2)COC3)c1. The second-order valence-corrected chi connectivity index (χ2v) is 4.95. The van der Waals surface area contributed by atoms with Gasteiger partial charge in [-0.3, -0.25) is 4.79 Å². The Morgan fingerprint density at radius 3 is 2.74 bits per heavy atom. The zero-order valence-corrected chi connectivity index (χ0v) is 10.9. The lowest BCUT2D eigenvalue weighted by Gasteiger charge is -2.06. The van der Waals surface area contributed by atoms with Gasteiger partial charge in [-0.2, -0.15) is 0 Å². The van der Waals surface area contributed by atoms with Crippen LogP contribution in [0.5, 0.6) is 0 Å². The van der Waals surface area contributed by atoms with Gasteiger partial charge in [-0.1, -0.05) is 23.7 Å². The molecule has 2 aromatic carbocycles. The van der Waals surface area contributed by atoms with Crippen molar-refractivity contribution in [2.24, 2.45) is 0 Å². The molecule has 1 aliphatic rings. The van der Waals surface area contributed by atoms with Crippen LogP contribution in [0.4, 0.5) is 5.69 Å². The quantitative estimate of drug-likeness (QED) is 0.675. The Morgan fingerprint density at radius 1 is 1.11 bits per heavy atom. The Kier molecular flexibility index (Phi) is 3.01. The Balaban J connectivity index is 2.02. The molecule has 0 saturated heterocycles. The maximum atomic E-state index is 12.4. The van der Waals surface area contributed by atoms with Crippen LogP contribution < -0.4 is 5.73 Å². The van der Waals surface area contributed by atoms with Crippen molar-refractivity contribution < 1.29 is 9.53 Å². The molecule has 1 aliphatic heterocycles. The van der Waals surface area contributed by atoms with Crippen molar-refractivity contribution in [3.05, 3.63) is 63.7 Å². The van der Waals surface area contributed by atoms with Crippen molar-refractivity contribution in [2.45, 2.75) is 13.2 Å². The Labute approximate surface area is 115 Å². The van der Waals surface area contributed by atoms with E-state index in [4.69, 9.17) is 22.1 Å². The smallest absolute Gasteiger partial charge is 0.194 e. The first kappa shape index (κ1) is 12.2. The zero-order valence-electron chi connectivity index (χ0n) is 10.2. The molecular weight excluding hydrogens is 262 g/mol. The van der Waals surface area contributed by atoms with E-state index in [9.17, 15) is 4.79 Å². The first-order valence-electron chi connectivity index (χ1n) is 5.94. The lowest BCUT2D eigenvalue weighted by Crippen LogP contribution is -2.04. The lowest BCUT2D eigenvalue weighted by molar-refractivity contribution is 0.103. The number of ketones is 1. The van der Waals surface area contributed by atoms with Gasteiger partial charge in [-0.25, -0.2) is 0 Å². The minimum absolute atomic E-state index is 0.119. The zero-order chi connectivity index (χ0) is 13.4. The minimum Gasteiger partial charge on any atom is -0.399 e. The predicted molar refractivity (Wildman–Crippen MR) is 74.2 cm³/mol. The molecular formula is C15H12ClNO2. The highest BCUT2D eigenvalue weighted by atomic mass is 35.5. The summed E-state index contributed by atoms with van der Waals surface area (Å²) in [6.45, 7) is 1.17. The minimum atomic E-state index is -0.119. The molecule has 0 unspecified atom stereocenters. The van der Waals surface area contributed by atoms with Crippen molar-refractivity contribution in [2.75, 3.05) is 5.73 Å². The van der Waals surface area contributed by atoms with Gasteiger partial charge in [0.15, 0.2) is 5.78 Å². The molecule has 0 atom stereocenters. The van der Waals surface area contributed by atoms with Gasteiger partial charge in [0.25, 0.3) is 0 Å². The maximum Gasteiger partial charge on any atom is 0.194 e. The van der Waals surface area contributed by atoms with Crippen molar-refractivity contribution in [1.82, 2.24) is 0 Å². The predicted octanol–water partition coefficient (Wildman–Crippen LogP) is 3.18. The number of ether oxygens (including phenoxy) is 1. The average Bonchev–Trinajstić information content (AvgIpc) is 2.88. The van der Waals surface area contributed by atoms with Crippen LogP contribution in [-0.2, 0) is 18.0 Å². The Bertz CT molecular complexity index is 667. The second-order valence-electron chi connectivity index (χ2n) is 4.54. The molecule has 0 amide bonds. The highest BCUT2D eigenvalue weighted by molar-refractivity contribution is 6.35. The molecule has 0 saturated carbocycles. The third kappa shape index (κ3) is 2.23. The number of hydrogen-bond acceptors (Lipinski definition) is 3. The summed E-state index contributed by atoms with van der Waals surface area (Å²) in [5, 5.41) is 0.413. The third-order valence-corrected chi connectivity index (χ3v) is 3.55. The first-order valence-corrected chi connectivity index (χ1v) is 6.32.